The van der Waals surface area contributed by atoms with E-state index in [0.29, 0.717) is 0 Å². The number of pyridine rings is 1. The molecule has 1 amide bonds. The van der Waals surface area contributed by atoms with Gasteiger partial charge in [0.1, 0.15) is 6.54 Å². The van der Waals surface area contributed by atoms with Gasteiger partial charge >= 0.3 is 6.18 Å². The van der Waals surface area contributed by atoms with Crippen molar-refractivity contribution in [3.8, 4) is 0 Å². The second-order valence-corrected chi connectivity index (χ2v) is 7.77. The molecule has 0 aliphatic heterocycles. The summed E-state index contributed by atoms with van der Waals surface area (Å²) in [5, 5.41) is 9.80. The molecule has 1 aromatic carbocycles. The van der Waals surface area contributed by atoms with Crippen LogP contribution in [0.4, 0.5) is 40.8 Å². The number of rotatable bonds is 5. The molecule has 0 atom stereocenters. The van der Waals surface area contributed by atoms with Gasteiger partial charge in [-0.15, -0.1) is 0 Å². The highest BCUT2D eigenvalue weighted by molar-refractivity contribution is 5.91. The van der Waals surface area contributed by atoms with Crippen LogP contribution >= 0.6 is 0 Å². The fraction of sp³-hybridized carbons (Fsp3) is 0.238. The fourth-order valence-electron chi connectivity index (χ4n) is 3.61. The van der Waals surface area contributed by atoms with Crippen molar-refractivity contribution in [1.82, 2.24) is 24.5 Å². The second kappa shape index (κ2) is 8.87. The van der Waals surface area contributed by atoms with Gasteiger partial charge in [0.15, 0.2) is 28.9 Å². The average molecular weight is 518 g/mol. The molecule has 0 spiro atoms. The molecule has 0 fully saturated rings. The molecule has 0 aliphatic rings. The molecule has 3 heterocycles. The molecule has 0 unspecified atom stereocenters. The van der Waals surface area contributed by atoms with Gasteiger partial charge in [0.2, 0.25) is 11.7 Å². The van der Waals surface area contributed by atoms with Crippen molar-refractivity contribution in [3.63, 3.8) is 0 Å². The highest BCUT2D eigenvalue weighted by Crippen LogP contribution is 2.36. The van der Waals surface area contributed by atoms with Crippen LogP contribution in [-0.4, -0.2) is 30.5 Å². The number of benzene rings is 1. The SMILES string of the molecule is Cc1cc(C(F)(F)F)c2c(C)nn(CC(=O)Nc3cnn(Cc4c(F)c(F)c(F)c(F)c4F)c3)c2n1. The number of amides is 1. The van der Waals surface area contributed by atoms with Crippen molar-refractivity contribution < 1.29 is 39.9 Å². The quantitative estimate of drug-likeness (QED) is 0.237. The Balaban J connectivity index is 1.54. The molecule has 0 aliphatic carbocycles. The van der Waals surface area contributed by atoms with Crippen LogP contribution in [0.25, 0.3) is 11.0 Å². The first kappa shape index (κ1) is 25.1. The highest BCUT2D eigenvalue weighted by atomic mass is 19.4. The van der Waals surface area contributed by atoms with Crippen molar-refractivity contribution in [2.45, 2.75) is 33.1 Å². The minimum atomic E-state index is -4.67. The van der Waals surface area contributed by atoms with Gasteiger partial charge in [-0.25, -0.2) is 31.6 Å². The number of nitrogens with zero attached hydrogens (tertiary/aromatic N) is 5. The number of fused-ring (bicyclic) bond motifs is 1. The largest absolute Gasteiger partial charge is 0.417 e. The van der Waals surface area contributed by atoms with Crippen molar-refractivity contribution in [1.29, 1.82) is 0 Å². The standard InChI is InChI=1S/C21H14F8N6O/c1-8-3-12(21(27,28)29)14-9(2)33-35(20(14)31-8)7-13(36)32-10-4-30-34(5-10)6-11-15(22)17(24)19(26)18(25)16(11)23/h3-5H,6-7H2,1-2H3,(H,32,36). The molecule has 0 saturated heterocycles. The maximum Gasteiger partial charge on any atom is 0.417 e. The topological polar surface area (TPSA) is 77.6 Å². The zero-order chi connectivity index (χ0) is 26.5. The summed E-state index contributed by atoms with van der Waals surface area (Å²) in [6, 6.07) is 0.875. The molecular weight excluding hydrogens is 504 g/mol. The van der Waals surface area contributed by atoms with Crippen LogP contribution in [0, 0.1) is 42.9 Å². The molecule has 0 saturated carbocycles. The van der Waals surface area contributed by atoms with Gasteiger partial charge in [0.05, 0.1) is 40.6 Å². The molecule has 4 rings (SSSR count). The van der Waals surface area contributed by atoms with E-state index < -0.39 is 65.4 Å². The molecular formula is C21H14F8N6O. The first-order valence-corrected chi connectivity index (χ1v) is 10.0. The van der Waals surface area contributed by atoms with Crippen molar-refractivity contribution >= 4 is 22.6 Å². The lowest BCUT2D eigenvalue weighted by Crippen LogP contribution is -2.19. The van der Waals surface area contributed by atoms with E-state index in [4.69, 9.17) is 0 Å². The van der Waals surface area contributed by atoms with E-state index in [2.05, 4.69) is 20.5 Å². The first-order valence-electron chi connectivity index (χ1n) is 10.0. The van der Waals surface area contributed by atoms with Crippen LogP contribution in [0.15, 0.2) is 18.5 Å². The Hall–Kier alpha value is -4.04. The van der Waals surface area contributed by atoms with Crippen LogP contribution in [0.1, 0.15) is 22.5 Å². The van der Waals surface area contributed by atoms with Crippen molar-refractivity contribution in [3.05, 3.63) is 70.1 Å². The normalized spacial score (nSPS) is 11.9. The molecule has 1 N–H and O–H groups in total. The van der Waals surface area contributed by atoms with E-state index in [-0.39, 0.29) is 28.1 Å². The third-order valence-electron chi connectivity index (χ3n) is 5.14. The lowest BCUT2D eigenvalue weighted by molar-refractivity contribution is -0.136. The van der Waals surface area contributed by atoms with Gasteiger partial charge in [0.25, 0.3) is 0 Å². The Labute approximate surface area is 196 Å². The summed E-state index contributed by atoms with van der Waals surface area (Å²) in [5.74, 6) is -11.3. The van der Waals surface area contributed by atoms with E-state index in [9.17, 15) is 39.9 Å². The number of carbonyl (C=O) groups is 1. The minimum Gasteiger partial charge on any atom is -0.322 e. The number of alkyl halides is 3. The highest BCUT2D eigenvalue weighted by Gasteiger charge is 2.35. The molecule has 4 aromatic rings. The van der Waals surface area contributed by atoms with Crippen LogP contribution in [0.2, 0.25) is 0 Å². The Bertz CT molecular complexity index is 1480. The van der Waals surface area contributed by atoms with E-state index in [1.54, 1.807) is 0 Å². The predicted molar refractivity (Wildman–Crippen MR) is 108 cm³/mol. The first-order chi connectivity index (χ1) is 16.8. The molecule has 190 valence electrons. The van der Waals surface area contributed by atoms with E-state index in [1.807, 2.05) is 0 Å². The van der Waals surface area contributed by atoms with Crippen LogP contribution in [0.5, 0.6) is 0 Å². The summed E-state index contributed by atoms with van der Waals surface area (Å²) >= 11 is 0. The average Bonchev–Trinajstić information content (AvgIpc) is 3.36. The van der Waals surface area contributed by atoms with Gasteiger partial charge in [-0.3, -0.25) is 9.48 Å². The lowest BCUT2D eigenvalue weighted by atomic mass is 10.1. The summed E-state index contributed by atoms with van der Waals surface area (Å²) in [4.78, 5) is 16.5. The number of aryl methyl sites for hydroxylation is 2. The maximum absolute atomic E-state index is 13.9. The third-order valence-corrected chi connectivity index (χ3v) is 5.14. The Morgan fingerprint density at radius 3 is 2.22 bits per heavy atom. The third kappa shape index (κ3) is 4.47. The molecule has 3 aromatic heterocycles. The van der Waals surface area contributed by atoms with Gasteiger partial charge in [0, 0.05) is 11.9 Å². The molecule has 0 bridgehead atoms. The number of nitrogens with one attached hydrogen (secondary N) is 1. The van der Waals surface area contributed by atoms with E-state index in [0.717, 1.165) is 27.8 Å². The van der Waals surface area contributed by atoms with Crippen LogP contribution in [-0.2, 0) is 24.1 Å². The summed E-state index contributed by atoms with van der Waals surface area (Å²) in [5.41, 5.74) is -2.18. The zero-order valence-electron chi connectivity index (χ0n) is 18.3. The number of carbonyl (C=O) groups excluding carboxylic acids is 1. The Kier molecular flexibility index (Phi) is 6.18. The lowest BCUT2D eigenvalue weighted by Gasteiger charge is -2.10. The number of aromatic nitrogens is 5. The maximum atomic E-state index is 13.9. The number of hydrogen-bond acceptors (Lipinski definition) is 4. The van der Waals surface area contributed by atoms with E-state index >= 15 is 0 Å². The number of halogens is 8. The predicted octanol–water partition coefficient (Wildman–Crippen LogP) is 4.65. The van der Waals surface area contributed by atoms with Gasteiger partial charge in [-0.05, 0) is 19.9 Å². The van der Waals surface area contributed by atoms with Gasteiger partial charge < -0.3 is 5.32 Å². The molecule has 0 radical (unpaired) electrons. The fourth-order valence-corrected chi connectivity index (χ4v) is 3.61. The Morgan fingerprint density at radius 1 is 1.00 bits per heavy atom. The second-order valence-electron chi connectivity index (χ2n) is 7.77. The van der Waals surface area contributed by atoms with Crippen molar-refractivity contribution in [2.75, 3.05) is 5.32 Å². The summed E-state index contributed by atoms with van der Waals surface area (Å²) < 4.78 is 110. The smallest absolute Gasteiger partial charge is 0.322 e. The van der Waals surface area contributed by atoms with Gasteiger partial charge in [-0.1, -0.05) is 0 Å². The monoisotopic (exact) mass is 518 g/mol. The number of hydrogen-bond donors (Lipinski definition) is 1. The van der Waals surface area contributed by atoms with E-state index in [1.165, 1.54) is 13.8 Å². The summed E-state index contributed by atoms with van der Waals surface area (Å²) in [7, 11) is 0. The van der Waals surface area contributed by atoms with Crippen LogP contribution < -0.4 is 5.32 Å². The summed E-state index contributed by atoms with van der Waals surface area (Å²) in [6.07, 6.45) is -2.57. The molecule has 7 nitrogen and oxygen atoms in total. The molecule has 15 heteroatoms. The number of anilines is 1. The summed E-state index contributed by atoms with van der Waals surface area (Å²) in [6.45, 7) is 1.32. The zero-order valence-corrected chi connectivity index (χ0v) is 18.3. The minimum absolute atomic E-state index is 0.00765. The Morgan fingerprint density at radius 2 is 1.61 bits per heavy atom. The van der Waals surface area contributed by atoms with Crippen molar-refractivity contribution in [2.24, 2.45) is 0 Å². The van der Waals surface area contributed by atoms with Crippen LogP contribution in [0.3, 0.4) is 0 Å². The molecule has 36 heavy (non-hydrogen) atoms. The van der Waals surface area contributed by atoms with Gasteiger partial charge in [-0.2, -0.15) is 23.4 Å².